The van der Waals surface area contributed by atoms with Crippen LogP contribution in [0.3, 0.4) is 0 Å². The first-order valence-electron chi connectivity index (χ1n) is 5.78. The molecule has 0 bridgehead atoms. The Hall–Kier alpha value is -0.0400. The third-order valence-electron chi connectivity index (χ3n) is 3.63. The van der Waals surface area contributed by atoms with Gasteiger partial charge in [0.05, 0.1) is 5.60 Å². The lowest BCUT2D eigenvalue weighted by Crippen LogP contribution is -2.35. The fourth-order valence-corrected chi connectivity index (χ4v) is 2.30. The van der Waals surface area contributed by atoms with E-state index >= 15 is 0 Å². The molecule has 0 heterocycles. The second-order valence-electron chi connectivity index (χ2n) is 5.12. The Bertz CT molecular complexity index is 145. The van der Waals surface area contributed by atoms with Crippen LogP contribution in [0.15, 0.2) is 0 Å². The van der Waals surface area contributed by atoms with Crippen molar-refractivity contribution in [3.8, 4) is 0 Å². The molecule has 1 atom stereocenters. The average molecular weight is 184 g/mol. The van der Waals surface area contributed by atoms with Crippen LogP contribution >= 0.6 is 0 Å². The minimum absolute atomic E-state index is 0.318. The van der Waals surface area contributed by atoms with E-state index in [0.29, 0.717) is 5.92 Å². The van der Waals surface area contributed by atoms with Crippen molar-refractivity contribution in [1.82, 2.24) is 0 Å². The maximum Gasteiger partial charge on any atom is 0.0650 e. The van der Waals surface area contributed by atoms with Crippen molar-refractivity contribution >= 4 is 0 Å². The normalized spacial score (nSPS) is 37.4. The first kappa shape index (κ1) is 11.0. The molecule has 0 spiro atoms. The van der Waals surface area contributed by atoms with Gasteiger partial charge < -0.3 is 5.11 Å². The van der Waals surface area contributed by atoms with Gasteiger partial charge >= 0.3 is 0 Å². The van der Waals surface area contributed by atoms with Gasteiger partial charge in [-0.25, -0.2) is 0 Å². The summed E-state index contributed by atoms with van der Waals surface area (Å²) >= 11 is 0. The third kappa shape index (κ3) is 3.30. The lowest BCUT2D eigenvalue weighted by atomic mass is 9.75. The van der Waals surface area contributed by atoms with Crippen LogP contribution in [0, 0.1) is 11.8 Å². The molecule has 0 amide bonds. The zero-order valence-corrected chi connectivity index (χ0v) is 9.34. The van der Waals surface area contributed by atoms with Crippen LogP contribution in [-0.2, 0) is 0 Å². The van der Waals surface area contributed by atoms with E-state index in [9.17, 15) is 5.11 Å². The van der Waals surface area contributed by atoms with Crippen molar-refractivity contribution in [2.75, 3.05) is 0 Å². The summed E-state index contributed by atoms with van der Waals surface area (Å²) in [5, 5.41) is 10.3. The van der Waals surface area contributed by atoms with Gasteiger partial charge in [0.25, 0.3) is 0 Å². The fraction of sp³-hybridized carbons (Fsp3) is 1.00. The van der Waals surface area contributed by atoms with Crippen molar-refractivity contribution in [3.63, 3.8) is 0 Å². The maximum absolute atomic E-state index is 10.3. The van der Waals surface area contributed by atoms with E-state index in [1.165, 1.54) is 19.3 Å². The van der Waals surface area contributed by atoms with Gasteiger partial charge in [0, 0.05) is 0 Å². The van der Waals surface area contributed by atoms with Crippen LogP contribution in [0.2, 0.25) is 0 Å². The largest absolute Gasteiger partial charge is 0.390 e. The molecule has 1 fully saturated rings. The van der Waals surface area contributed by atoms with Crippen molar-refractivity contribution in [1.29, 1.82) is 0 Å². The summed E-state index contributed by atoms with van der Waals surface area (Å²) in [5.74, 6) is 1.51. The van der Waals surface area contributed by atoms with Crippen LogP contribution in [0.4, 0.5) is 0 Å². The highest BCUT2D eigenvalue weighted by Gasteiger charge is 2.32. The van der Waals surface area contributed by atoms with E-state index in [-0.39, 0.29) is 5.60 Å². The fourth-order valence-electron chi connectivity index (χ4n) is 2.30. The Kier molecular flexibility index (Phi) is 3.78. The first-order valence-corrected chi connectivity index (χ1v) is 5.78. The molecule has 1 aliphatic carbocycles. The summed E-state index contributed by atoms with van der Waals surface area (Å²) in [4.78, 5) is 0. The smallest absolute Gasteiger partial charge is 0.0650 e. The third-order valence-corrected chi connectivity index (χ3v) is 3.63. The summed E-state index contributed by atoms with van der Waals surface area (Å²) in [6, 6.07) is 0. The Balaban J connectivity index is 2.38. The molecule has 0 saturated heterocycles. The van der Waals surface area contributed by atoms with Gasteiger partial charge in [-0.2, -0.15) is 0 Å². The van der Waals surface area contributed by atoms with Crippen molar-refractivity contribution in [2.24, 2.45) is 11.8 Å². The molecule has 1 rings (SSSR count). The summed E-state index contributed by atoms with van der Waals surface area (Å²) in [7, 11) is 0. The summed E-state index contributed by atoms with van der Waals surface area (Å²) < 4.78 is 0. The van der Waals surface area contributed by atoms with Gasteiger partial charge in [-0.3, -0.25) is 0 Å². The van der Waals surface area contributed by atoms with Gasteiger partial charge in [-0.05, 0) is 43.9 Å². The van der Waals surface area contributed by atoms with Crippen LogP contribution < -0.4 is 0 Å². The van der Waals surface area contributed by atoms with Gasteiger partial charge in [-0.1, -0.05) is 27.2 Å². The maximum atomic E-state index is 10.3. The molecule has 13 heavy (non-hydrogen) atoms. The molecule has 1 nitrogen and oxygen atoms in total. The molecule has 1 aliphatic rings. The predicted octanol–water partition coefficient (Wildman–Crippen LogP) is 3.36. The number of hydrogen-bond donors (Lipinski definition) is 1. The summed E-state index contributed by atoms with van der Waals surface area (Å²) in [6.45, 7) is 6.75. The second-order valence-corrected chi connectivity index (χ2v) is 5.12. The minimum Gasteiger partial charge on any atom is -0.390 e. The van der Waals surface area contributed by atoms with Crippen LogP contribution in [0.1, 0.15) is 59.3 Å². The quantitative estimate of drug-likeness (QED) is 0.713. The average Bonchev–Trinajstić information content (AvgIpc) is 2.10. The highest BCUT2D eigenvalue weighted by Crippen LogP contribution is 2.36. The molecule has 1 unspecified atom stereocenters. The molecule has 78 valence electrons. The molecule has 0 radical (unpaired) electrons. The topological polar surface area (TPSA) is 20.2 Å². The standard InChI is InChI=1S/C12H24O/c1-4-10(2)9-12(13)7-5-11(3)6-8-12/h10-11,13H,4-9H2,1-3H3. The second kappa shape index (κ2) is 4.45. The zero-order valence-electron chi connectivity index (χ0n) is 9.34. The highest BCUT2D eigenvalue weighted by atomic mass is 16.3. The minimum atomic E-state index is -0.318. The van der Waals surface area contributed by atoms with Gasteiger partial charge in [0.1, 0.15) is 0 Å². The lowest BCUT2D eigenvalue weighted by Gasteiger charge is -2.36. The van der Waals surface area contributed by atoms with E-state index in [1.807, 2.05) is 0 Å². The van der Waals surface area contributed by atoms with Gasteiger partial charge in [0.15, 0.2) is 0 Å². The first-order chi connectivity index (χ1) is 6.06. The van der Waals surface area contributed by atoms with Gasteiger partial charge in [0.2, 0.25) is 0 Å². The monoisotopic (exact) mass is 184 g/mol. The molecule has 1 heteroatoms. The predicted molar refractivity (Wildman–Crippen MR) is 56.7 cm³/mol. The van der Waals surface area contributed by atoms with Crippen molar-refractivity contribution < 1.29 is 5.11 Å². The Morgan fingerprint density at radius 1 is 1.38 bits per heavy atom. The van der Waals surface area contributed by atoms with Crippen LogP contribution in [0.25, 0.3) is 0 Å². The Labute approximate surface area is 82.5 Å². The molecule has 1 N–H and O–H groups in total. The molecule has 0 aromatic rings. The summed E-state index contributed by atoms with van der Waals surface area (Å²) in [5.41, 5.74) is -0.318. The molecular formula is C12H24O. The molecular weight excluding hydrogens is 160 g/mol. The number of rotatable bonds is 3. The van der Waals surface area contributed by atoms with E-state index in [0.717, 1.165) is 25.2 Å². The van der Waals surface area contributed by atoms with Crippen molar-refractivity contribution in [3.05, 3.63) is 0 Å². The Morgan fingerprint density at radius 3 is 2.38 bits per heavy atom. The molecule has 0 aliphatic heterocycles. The lowest BCUT2D eigenvalue weighted by molar-refractivity contribution is -0.0260. The van der Waals surface area contributed by atoms with Crippen molar-refractivity contribution in [2.45, 2.75) is 64.9 Å². The molecule has 0 aromatic carbocycles. The highest BCUT2D eigenvalue weighted by molar-refractivity contribution is 4.85. The SMILES string of the molecule is CCC(C)CC1(O)CCC(C)CC1. The number of aliphatic hydroxyl groups is 1. The van der Waals surface area contributed by atoms with E-state index in [4.69, 9.17) is 0 Å². The number of hydrogen-bond acceptors (Lipinski definition) is 1. The molecule has 0 aromatic heterocycles. The van der Waals surface area contributed by atoms with E-state index < -0.39 is 0 Å². The van der Waals surface area contributed by atoms with E-state index in [1.54, 1.807) is 0 Å². The summed E-state index contributed by atoms with van der Waals surface area (Å²) in [6.07, 6.45) is 6.69. The van der Waals surface area contributed by atoms with Gasteiger partial charge in [-0.15, -0.1) is 0 Å². The van der Waals surface area contributed by atoms with Crippen LogP contribution in [-0.4, -0.2) is 10.7 Å². The van der Waals surface area contributed by atoms with E-state index in [2.05, 4.69) is 20.8 Å². The Morgan fingerprint density at radius 2 is 1.92 bits per heavy atom. The van der Waals surface area contributed by atoms with Crippen LogP contribution in [0.5, 0.6) is 0 Å². The molecule has 1 saturated carbocycles. The zero-order chi connectivity index (χ0) is 9.90.